The Balaban J connectivity index is 1.65. The number of sulfone groups is 1. The Hall–Kier alpha value is -2.31. The van der Waals surface area contributed by atoms with Gasteiger partial charge in [-0.3, -0.25) is 4.79 Å². The molecule has 1 aliphatic rings. The molecule has 7 heteroatoms. The van der Waals surface area contributed by atoms with Crippen molar-refractivity contribution >= 4 is 38.2 Å². The second-order valence-corrected chi connectivity index (χ2v) is 10.4. The van der Waals surface area contributed by atoms with Crippen molar-refractivity contribution in [3.05, 3.63) is 59.8 Å². The molecule has 0 saturated heterocycles. The number of halogens is 1. The molecule has 1 aromatic heterocycles. The second kappa shape index (κ2) is 8.44. The van der Waals surface area contributed by atoms with Crippen LogP contribution in [0.5, 0.6) is 0 Å². The molecule has 1 heterocycles. The zero-order chi connectivity index (χ0) is 21.3. The van der Waals surface area contributed by atoms with Gasteiger partial charge in [0.05, 0.1) is 9.79 Å². The fourth-order valence-electron chi connectivity index (χ4n) is 4.24. The SMILES string of the molecule is CC1CCCCC1NC(=O)Cn1cc(S(=O)(=O)c2ccc(Cl)cc2)c2ccccc21. The summed E-state index contributed by atoms with van der Waals surface area (Å²) in [6.07, 6.45) is 6.03. The van der Waals surface area contributed by atoms with Crippen LogP contribution >= 0.6 is 11.6 Å². The van der Waals surface area contributed by atoms with Crippen molar-refractivity contribution in [1.82, 2.24) is 9.88 Å². The number of para-hydroxylation sites is 1. The van der Waals surface area contributed by atoms with Crippen LogP contribution in [-0.4, -0.2) is 24.9 Å². The molecule has 4 rings (SSSR count). The Labute approximate surface area is 182 Å². The smallest absolute Gasteiger partial charge is 0.240 e. The van der Waals surface area contributed by atoms with E-state index in [0.29, 0.717) is 16.3 Å². The minimum Gasteiger partial charge on any atom is -0.352 e. The largest absolute Gasteiger partial charge is 0.352 e. The van der Waals surface area contributed by atoms with Crippen LogP contribution in [0.2, 0.25) is 5.02 Å². The Morgan fingerprint density at radius 2 is 1.80 bits per heavy atom. The number of aromatic nitrogens is 1. The number of hydrogen-bond donors (Lipinski definition) is 1. The maximum Gasteiger partial charge on any atom is 0.240 e. The lowest BCUT2D eigenvalue weighted by atomic mass is 9.86. The third-order valence-electron chi connectivity index (χ3n) is 5.94. The number of nitrogens with one attached hydrogen (secondary N) is 1. The average molecular weight is 445 g/mol. The molecular weight excluding hydrogens is 420 g/mol. The highest BCUT2D eigenvalue weighted by atomic mass is 35.5. The first-order valence-electron chi connectivity index (χ1n) is 10.2. The Morgan fingerprint density at radius 3 is 2.53 bits per heavy atom. The zero-order valence-electron chi connectivity index (χ0n) is 16.8. The highest BCUT2D eigenvalue weighted by molar-refractivity contribution is 7.91. The van der Waals surface area contributed by atoms with E-state index in [1.54, 1.807) is 35.0 Å². The van der Waals surface area contributed by atoms with Gasteiger partial charge in [-0.2, -0.15) is 0 Å². The van der Waals surface area contributed by atoms with Crippen molar-refractivity contribution in [2.75, 3.05) is 0 Å². The number of carbonyl (C=O) groups is 1. The molecule has 2 atom stereocenters. The van der Waals surface area contributed by atoms with Crippen LogP contribution in [0.1, 0.15) is 32.6 Å². The van der Waals surface area contributed by atoms with Gasteiger partial charge in [-0.25, -0.2) is 8.42 Å². The third-order valence-corrected chi connectivity index (χ3v) is 7.99. The number of benzene rings is 2. The summed E-state index contributed by atoms with van der Waals surface area (Å²) < 4.78 is 28.2. The zero-order valence-corrected chi connectivity index (χ0v) is 18.4. The van der Waals surface area contributed by atoms with Crippen molar-refractivity contribution in [1.29, 1.82) is 0 Å². The predicted octanol–water partition coefficient (Wildman–Crippen LogP) is 4.82. The maximum atomic E-state index is 13.3. The molecular formula is C23H25ClN2O3S. The molecule has 0 spiro atoms. The summed E-state index contributed by atoms with van der Waals surface area (Å²) in [4.78, 5) is 13.1. The first-order chi connectivity index (χ1) is 14.4. The molecule has 1 amide bonds. The molecule has 1 fully saturated rings. The summed E-state index contributed by atoms with van der Waals surface area (Å²) in [5.41, 5.74) is 0.719. The van der Waals surface area contributed by atoms with E-state index >= 15 is 0 Å². The number of fused-ring (bicyclic) bond motifs is 1. The minimum atomic E-state index is -3.74. The number of hydrogen-bond acceptors (Lipinski definition) is 3. The topological polar surface area (TPSA) is 68.2 Å². The number of amides is 1. The van der Waals surface area contributed by atoms with Crippen LogP contribution in [0.4, 0.5) is 0 Å². The summed E-state index contributed by atoms with van der Waals surface area (Å²) in [6.45, 7) is 2.26. The van der Waals surface area contributed by atoms with Crippen LogP contribution in [0.15, 0.2) is 64.5 Å². The lowest BCUT2D eigenvalue weighted by molar-refractivity contribution is -0.122. The van der Waals surface area contributed by atoms with Crippen LogP contribution in [0, 0.1) is 5.92 Å². The molecule has 3 aromatic rings. The monoisotopic (exact) mass is 444 g/mol. The lowest BCUT2D eigenvalue weighted by Crippen LogP contribution is -2.42. The van der Waals surface area contributed by atoms with Gasteiger partial charge in [0, 0.05) is 28.2 Å². The van der Waals surface area contributed by atoms with Crippen molar-refractivity contribution in [2.45, 2.75) is 55.0 Å². The molecule has 5 nitrogen and oxygen atoms in total. The van der Waals surface area contributed by atoms with Gasteiger partial charge in [0.25, 0.3) is 0 Å². The molecule has 30 heavy (non-hydrogen) atoms. The average Bonchev–Trinajstić information content (AvgIpc) is 3.09. The van der Waals surface area contributed by atoms with Gasteiger partial charge in [-0.15, -0.1) is 0 Å². The Kier molecular flexibility index (Phi) is 5.89. The molecule has 1 N–H and O–H groups in total. The molecule has 1 aliphatic carbocycles. The first-order valence-corrected chi connectivity index (χ1v) is 12.1. The van der Waals surface area contributed by atoms with E-state index in [4.69, 9.17) is 11.6 Å². The van der Waals surface area contributed by atoms with Crippen LogP contribution in [0.3, 0.4) is 0 Å². The quantitative estimate of drug-likeness (QED) is 0.613. The number of rotatable bonds is 5. The first kappa shape index (κ1) is 20.9. The van der Waals surface area contributed by atoms with Gasteiger partial charge in [-0.1, -0.05) is 49.6 Å². The maximum absolute atomic E-state index is 13.3. The molecule has 0 radical (unpaired) electrons. The highest BCUT2D eigenvalue weighted by Gasteiger charge is 2.26. The second-order valence-electron chi connectivity index (χ2n) is 8.03. The molecule has 1 saturated carbocycles. The van der Waals surface area contributed by atoms with Gasteiger partial charge in [0.1, 0.15) is 6.54 Å². The van der Waals surface area contributed by atoms with Gasteiger partial charge in [0.15, 0.2) is 0 Å². The van der Waals surface area contributed by atoms with Crippen LogP contribution in [0.25, 0.3) is 10.9 Å². The standard InChI is InChI=1S/C23H25ClN2O3S/c1-16-6-2-4-8-20(16)25-23(27)15-26-14-22(19-7-3-5-9-21(19)26)30(28,29)18-12-10-17(24)11-13-18/h3,5,7,9-14,16,20H,2,4,6,8,15H2,1H3,(H,25,27). The molecule has 2 aromatic carbocycles. The molecule has 0 aliphatic heterocycles. The summed E-state index contributed by atoms with van der Waals surface area (Å²) in [5.74, 6) is 0.370. The summed E-state index contributed by atoms with van der Waals surface area (Å²) >= 11 is 5.91. The third kappa shape index (κ3) is 4.12. The fraction of sp³-hybridized carbons (Fsp3) is 0.348. The lowest BCUT2D eigenvalue weighted by Gasteiger charge is -2.29. The van der Waals surface area contributed by atoms with E-state index in [1.165, 1.54) is 18.6 Å². The van der Waals surface area contributed by atoms with E-state index in [-0.39, 0.29) is 28.3 Å². The summed E-state index contributed by atoms with van der Waals surface area (Å²) in [7, 11) is -3.74. The van der Waals surface area contributed by atoms with E-state index < -0.39 is 9.84 Å². The van der Waals surface area contributed by atoms with Crippen LogP contribution in [-0.2, 0) is 21.2 Å². The van der Waals surface area contributed by atoms with E-state index in [2.05, 4.69) is 12.2 Å². The summed E-state index contributed by atoms with van der Waals surface area (Å²) in [5, 5.41) is 4.22. The Bertz CT molecular complexity index is 1170. The van der Waals surface area contributed by atoms with E-state index in [1.807, 2.05) is 12.1 Å². The fourth-order valence-corrected chi connectivity index (χ4v) is 5.84. The van der Waals surface area contributed by atoms with Crippen molar-refractivity contribution in [3.8, 4) is 0 Å². The van der Waals surface area contributed by atoms with Gasteiger partial charge in [0.2, 0.25) is 15.7 Å². The minimum absolute atomic E-state index is 0.0832. The van der Waals surface area contributed by atoms with Crippen molar-refractivity contribution < 1.29 is 13.2 Å². The highest BCUT2D eigenvalue weighted by Crippen LogP contribution is 2.31. The number of carbonyl (C=O) groups excluding carboxylic acids is 1. The van der Waals surface area contributed by atoms with Crippen molar-refractivity contribution in [2.24, 2.45) is 5.92 Å². The van der Waals surface area contributed by atoms with Gasteiger partial charge in [-0.05, 0) is 49.1 Å². The van der Waals surface area contributed by atoms with Gasteiger partial charge < -0.3 is 9.88 Å². The molecule has 2 unspecified atom stereocenters. The molecule has 0 bridgehead atoms. The number of nitrogens with zero attached hydrogens (tertiary/aromatic N) is 1. The van der Waals surface area contributed by atoms with E-state index in [9.17, 15) is 13.2 Å². The predicted molar refractivity (Wildman–Crippen MR) is 118 cm³/mol. The Morgan fingerprint density at radius 1 is 1.10 bits per heavy atom. The normalized spacial score (nSPS) is 19.7. The summed E-state index contributed by atoms with van der Waals surface area (Å²) in [6, 6.07) is 13.6. The van der Waals surface area contributed by atoms with E-state index in [0.717, 1.165) is 24.8 Å². The van der Waals surface area contributed by atoms with Crippen molar-refractivity contribution in [3.63, 3.8) is 0 Å². The van der Waals surface area contributed by atoms with Gasteiger partial charge >= 0.3 is 0 Å². The molecule has 158 valence electrons. The van der Waals surface area contributed by atoms with Crippen LogP contribution < -0.4 is 5.32 Å².